The lowest BCUT2D eigenvalue weighted by atomic mass is 10.1. The first-order chi connectivity index (χ1) is 15.5. The summed E-state index contributed by atoms with van der Waals surface area (Å²) in [5.41, 5.74) is 1.57. The van der Waals surface area contributed by atoms with Gasteiger partial charge in [0, 0.05) is 17.4 Å². The Morgan fingerprint density at radius 1 is 1.31 bits per heavy atom. The highest BCUT2D eigenvalue weighted by Gasteiger charge is 2.15. The van der Waals surface area contributed by atoms with Crippen LogP contribution >= 0.6 is 24.4 Å². The van der Waals surface area contributed by atoms with Crippen molar-refractivity contribution in [3.05, 3.63) is 64.9 Å². The molecular formula is C21H19N3O6S2. The molecule has 1 heterocycles. The van der Waals surface area contributed by atoms with Gasteiger partial charge in [0.15, 0.2) is 17.8 Å². The number of carbonyl (C=O) groups excluding carboxylic acids is 2. The molecule has 11 heteroatoms. The molecule has 0 radical (unpaired) electrons. The second-order valence-electron chi connectivity index (χ2n) is 6.19. The minimum absolute atomic E-state index is 0.0994. The van der Waals surface area contributed by atoms with Gasteiger partial charge in [0.1, 0.15) is 0 Å². The first kappa shape index (κ1) is 23.2. The third-order valence-electron chi connectivity index (χ3n) is 4.10. The van der Waals surface area contributed by atoms with Crippen LogP contribution in [0.5, 0.6) is 11.5 Å². The highest BCUT2D eigenvalue weighted by Crippen LogP contribution is 2.29. The number of hydrogen-bond acceptors (Lipinski definition) is 9. The predicted octanol–water partition coefficient (Wildman–Crippen LogP) is 3.24. The SMILES string of the molecule is COc1cc(/C=C/C(=O)Nc2ccccc2C=O)ccc1OCCSc1no[n+]([O-])c1S. The molecule has 3 aromatic rings. The average Bonchev–Trinajstić information content (AvgIpc) is 3.13. The lowest BCUT2D eigenvalue weighted by Gasteiger charge is -2.11. The molecule has 0 aliphatic carbocycles. The van der Waals surface area contributed by atoms with Crippen LogP contribution in [-0.4, -0.2) is 36.8 Å². The molecule has 0 saturated heterocycles. The van der Waals surface area contributed by atoms with E-state index in [-0.39, 0.29) is 15.8 Å². The number of ether oxygens (including phenoxy) is 2. The van der Waals surface area contributed by atoms with Crippen molar-refractivity contribution >= 4 is 48.3 Å². The van der Waals surface area contributed by atoms with Crippen molar-refractivity contribution in [2.24, 2.45) is 0 Å². The van der Waals surface area contributed by atoms with Crippen molar-refractivity contribution < 1.29 is 28.6 Å². The number of thioether (sulfide) groups is 1. The summed E-state index contributed by atoms with van der Waals surface area (Å²) in [5, 5.41) is 17.9. The highest BCUT2D eigenvalue weighted by atomic mass is 32.2. The molecule has 166 valence electrons. The molecule has 3 rings (SSSR count). The van der Waals surface area contributed by atoms with E-state index in [1.54, 1.807) is 48.5 Å². The van der Waals surface area contributed by atoms with Crippen LogP contribution in [0.25, 0.3) is 6.08 Å². The number of hydrogen-bond donors (Lipinski definition) is 2. The molecule has 1 N–H and O–H groups in total. The summed E-state index contributed by atoms with van der Waals surface area (Å²) in [6.07, 6.45) is 3.67. The van der Waals surface area contributed by atoms with E-state index in [4.69, 9.17) is 9.47 Å². The highest BCUT2D eigenvalue weighted by molar-refractivity contribution is 7.99. The third-order valence-corrected chi connectivity index (χ3v) is 5.54. The van der Waals surface area contributed by atoms with Crippen LogP contribution in [0.15, 0.2) is 63.2 Å². The maximum atomic E-state index is 12.2. The number of nitrogens with one attached hydrogen (secondary N) is 1. The van der Waals surface area contributed by atoms with E-state index in [2.05, 4.69) is 27.7 Å². The largest absolute Gasteiger partial charge is 0.493 e. The molecule has 0 bridgehead atoms. The number of thiol groups is 1. The summed E-state index contributed by atoms with van der Waals surface area (Å²) < 4.78 is 15.5. The van der Waals surface area contributed by atoms with Gasteiger partial charge in [-0.1, -0.05) is 42.6 Å². The number of anilines is 1. The van der Waals surface area contributed by atoms with E-state index in [0.29, 0.717) is 46.4 Å². The van der Waals surface area contributed by atoms with E-state index in [0.717, 1.165) is 5.56 Å². The molecular weight excluding hydrogens is 454 g/mol. The predicted molar refractivity (Wildman–Crippen MR) is 121 cm³/mol. The fourth-order valence-electron chi connectivity index (χ4n) is 2.58. The Kier molecular flexibility index (Phi) is 8.17. The minimum Gasteiger partial charge on any atom is -0.493 e. The minimum atomic E-state index is -0.369. The van der Waals surface area contributed by atoms with E-state index < -0.39 is 0 Å². The van der Waals surface area contributed by atoms with Gasteiger partial charge >= 0.3 is 0 Å². The normalized spacial score (nSPS) is 10.8. The molecule has 2 aromatic carbocycles. The molecule has 9 nitrogen and oxygen atoms in total. The van der Waals surface area contributed by atoms with Gasteiger partial charge in [0.25, 0.3) is 10.1 Å². The van der Waals surface area contributed by atoms with Crippen LogP contribution in [0.4, 0.5) is 5.69 Å². The van der Waals surface area contributed by atoms with Gasteiger partial charge in [0.05, 0.1) is 24.6 Å². The van der Waals surface area contributed by atoms with Gasteiger partial charge in [0.2, 0.25) is 5.91 Å². The lowest BCUT2D eigenvalue weighted by molar-refractivity contribution is -0.831. The Balaban J connectivity index is 1.56. The summed E-state index contributed by atoms with van der Waals surface area (Å²) in [6.45, 7) is 0.327. The number of aldehydes is 1. The summed E-state index contributed by atoms with van der Waals surface area (Å²) in [7, 11) is 1.52. The summed E-state index contributed by atoms with van der Waals surface area (Å²) in [4.78, 5) is 23.5. The Morgan fingerprint density at radius 3 is 2.84 bits per heavy atom. The molecule has 0 spiro atoms. The number of aromatic nitrogens is 2. The van der Waals surface area contributed by atoms with Crippen LogP contribution in [-0.2, 0) is 4.79 Å². The maximum absolute atomic E-state index is 12.2. The van der Waals surface area contributed by atoms with Gasteiger partial charge in [-0.05, 0) is 40.8 Å². The second-order valence-corrected chi connectivity index (χ2v) is 7.70. The maximum Gasteiger partial charge on any atom is 0.288 e. The van der Waals surface area contributed by atoms with Crippen molar-refractivity contribution in [1.82, 2.24) is 5.16 Å². The molecule has 0 aliphatic heterocycles. The van der Waals surface area contributed by atoms with E-state index >= 15 is 0 Å². The van der Waals surface area contributed by atoms with Crippen LogP contribution in [0, 0.1) is 5.21 Å². The number of rotatable bonds is 10. The second kappa shape index (κ2) is 11.3. The summed E-state index contributed by atoms with van der Waals surface area (Å²) in [6, 6.07) is 12.0. The molecule has 32 heavy (non-hydrogen) atoms. The molecule has 0 saturated carbocycles. The molecule has 1 aromatic heterocycles. The van der Waals surface area contributed by atoms with Crippen LogP contribution < -0.4 is 19.7 Å². The first-order valence-corrected chi connectivity index (χ1v) is 10.7. The Labute approximate surface area is 193 Å². The standard InChI is InChI=1S/C21H19N3O6S2/c1-28-18-12-14(7-9-19(26)22-16-5-3-2-4-15(16)13-25)6-8-17(18)29-10-11-32-20-21(31)24(27)30-23-20/h2-9,12-13,31H,10-11H2,1H3,(H,22,26)/b9-7+. The van der Waals surface area contributed by atoms with Gasteiger partial charge in [-0.15, -0.1) is 0 Å². The monoisotopic (exact) mass is 473 g/mol. The van der Waals surface area contributed by atoms with Crippen molar-refractivity contribution in [3.63, 3.8) is 0 Å². The molecule has 0 aliphatic rings. The quantitative estimate of drug-likeness (QED) is 0.115. The van der Waals surface area contributed by atoms with Crippen molar-refractivity contribution in [3.8, 4) is 11.5 Å². The number of carbonyl (C=O) groups is 2. The smallest absolute Gasteiger partial charge is 0.288 e. The van der Waals surface area contributed by atoms with Crippen LogP contribution in [0.1, 0.15) is 15.9 Å². The summed E-state index contributed by atoms with van der Waals surface area (Å²) in [5.74, 6) is 1.16. The zero-order valence-corrected chi connectivity index (χ0v) is 18.6. The zero-order valence-electron chi connectivity index (χ0n) is 16.9. The van der Waals surface area contributed by atoms with Crippen molar-refractivity contribution in [2.45, 2.75) is 10.1 Å². The lowest BCUT2D eigenvalue weighted by Crippen LogP contribution is -2.23. The van der Waals surface area contributed by atoms with Crippen LogP contribution in [0.3, 0.4) is 0 Å². The number of amides is 1. The van der Waals surface area contributed by atoms with E-state index in [1.807, 2.05) is 0 Å². The molecule has 1 amide bonds. The van der Waals surface area contributed by atoms with Gasteiger partial charge in [-0.3, -0.25) is 14.2 Å². The number of methoxy groups -OCH3 is 1. The average molecular weight is 474 g/mol. The van der Waals surface area contributed by atoms with Gasteiger partial charge in [-0.25, -0.2) is 0 Å². The Hall–Kier alpha value is -3.44. The van der Waals surface area contributed by atoms with Crippen molar-refractivity contribution in [1.29, 1.82) is 0 Å². The fraction of sp³-hybridized carbons (Fsp3) is 0.143. The first-order valence-electron chi connectivity index (χ1n) is 9.27. The van der Waals surface area contributed by atoms with Crippen molar-refractivity contribution in [2.75, 3.05) is 24.8 Å². The van der Waals surface area contributed by atoms with Crippen LogP contribution in [0.2, 0.25) is 0 Å². The molecule has 0 unspecified atom stereocenters. The Morgan fingerprint density at radius 2 is 2.12 bits per heavy atom. The zero-order chi connectivity index (χ0) is 22.9. The number of para-hydroxylation sites is 1. The number of benzene rings is 2. The van der Waals surface area contributed by atoms with E-state index in [1.165, 1.54) is 24.9 Å². The third kappa shape index (κ3) is 6.05. The molecule has 0 atom stereocenters. The fourth-order valence-corrected chi connectivity index (χ4v) is 3.50. The Bertz CT molecular complexity index is 1130. The summed E-state index contributed by atoms with van der Waals surface area (Å²) >= 11 is 5.28. The topological polar surface area (TPSA) is 118 Å². The molecule has 0 fully saturated rings. The van der Waals surface area contributed by atoms with Gasteiger partial charge < -0.3 is 20.0 Å². The van der Waals surface area contributed by atoms with Gasteiger partial charge in [-0.2, -0.15) is 0 Å². The number of nitrogens with zero attached hydrogens (tertiary/aromatic N) is 2. The van der Waals surface area contributed by atoms with E-state index in [9.17, 15) is 14.8 Å².